The first kappa shape index (κ1) is 16.7. The summed E-state index contributed by atoms with van der Waals surface area (Å²) in [6, 6.07) is 8.16. The van der Waals surface area contributed by atoms with Crippen LogP contribution in [0.4, 0.5) is 4.39 Å². The number of rotatable bonds is 4. The predicted octanol–water partition coefficient (Wildman–Crippen LogP) is 4.32. The average Bonchev–Trinajstić information content (AvgIpc) is 3.01. The van der Waals surface area contributed by atoms with Gasteiger partial charge in [-0.3, -0.25) is 4.79 Å². The van der Waals surface area contributed by atoms with E-state index in [-0.39, 0.29) is 24.4 Å². The van der Waals surface area contributed by atoms with Crippen LogP contribution in [0.1, 0.15) is 53.4 Å². The summed E-state index contributed by atoms with van der Waals surface area (Å²) >= 11 is 0. The minimum Gasteiger partial charge on any atom is -0.467 e. The molecule has 0 aliphatic carbocycles. The molecule has 1 aliphatic heterocycles. The highest BCUT2D eigenvalue weighted by Crippen LogP contribution is 2.31. The molecule has 1 aromatic heterocycles. The van der Waals surface area contributed by atoms with E-state index >= 15 is 0 Å². The molecule has 1 amide bonds. The molecule has 1 fully saturated rings. The van der Waals surface area contributed by atoms with Gasteiger partial charge in [-0.15, -0.1) is 0 Å². The molecule has 2 heterocycles. The monoisotopic (exact) mass is 331 g/mol. The van der Waals surface area contributed by atoms with Gasteiger partial charge in [-0.05, 0) is 43.2 Å². The van der Waals surface area contributed by atoms with Gasteiger partial charge in [0.1, 0.15) is 11.6 Å². The number of methoxy groups -OCH3 is 1. The third-order valence-electron chi connectivity index (χ3n) is 4.48. The van der Waals surface area contributed by atoms with Gasteiger partial charge in [0.05, 0.1) is 18.9 Å². The van der Waals surface area contributed by atoms with E-state index in [0.717, 1.165) is 31.4 Å². The first-order chi connectivity index (χ1) is 11.7. The summed E-state index contributed by atoms with van der Waals surface area (Å²) < 4.78 is 24.4. The number of nitrogens with zero attached hydrogens (tertiary/aromatic N) is 1. The summed E-state index contributed by atoms with van der Waals surface area (Å²) in [7, 11) is 1.51. The first-order valence-electron chi connectivity index (χ1n) is 8.32. The summed E-state index contributed by atoms with van der Waals surface area (Å²) in [6.07, 6.45) is 5.64. The Morgan fingerprint density at radius 2 is 2.21 bits per heavy atom. The number of likely N-dealkylation sites (tertiary alicyclic amines) is 1. The van der Waals surface area contributed by atoms with Crippen LogP contribution in [-0.2, 0) is 11.3 Å². The number of benzene rings is 1. The molecule has 1 aliphatic rings. The van der Waals surface area contributed by atoms with Crippen molar-refractivity contribution in [2.45, 2.75) is 38.3 Å². The van der Waals surface area contributed by atoms with Gasteiger partial charge in [0.15, 0.2) is 0 Å². The molecule has 0 bridgehead atoms. The van der Waals surface area contributed by atoms with Gasteiger partial charge in [0, 0.05) is 24.8 Å². The number of hydrogen-bond donors (Lipinski definition) is 0. The second-order valence-corrected chi connectivity index (χ2v) is 6.12. The topological polar surface area (TPSA) is 42.7 Å². The average molecular weight is 331 g/mol. The van der Waals surface area contributed by atoms with Crippen molar-refractivity contribution in [3.63, 3.8) is 0 Å². The van der Waals surface area contributed by atoms with Gasteiger partial charge in [-0.1, -0.05) is 12.8 Å². The quantitative estimate of drug-likeness (QED) is 0.838. The molecule has 5 heteroatoms. The molecular formula is C19H22FNO3. The number of carbonyl (C=O) groups excluding carboxylic acids is 1. The highest BCUT2D eigenvalue weighted by Gasteiger charge is 2.29. The highest BCUT2D eigenvalue weighted by molar-refractivity contribution is 5.94. The molecular weight excluding hydrogens is 309 g/mol. The van der Waals surface area contributed by atoms with Gasteiger partial charge in [-0.2, -0.15) is 0 Å². The second-order valence-electron chi connectivity index (χ2n) is 6.12. The maximum atomic E-state index is 13.8. The van der Waals surface area contributed by atoms with E-state index in [1.165, 1.54) is 13.2 Å². The number of hydrogen-bond acceptors (Lipinski definition) is 3. The van der Waals surface area contributed by atoms with Crippen LogP contribution in [0.3, 0.4) is 0 Å². The fraction of sp³-hybridized carbons (Fsp3) is 0.421. The van der Waals surface area contributed by atoms with E-state index in [4.69, 9.17) is 9.15 Å². The zero-order valence-electron chi connectivity index (χ0n) is 13.8. The molecule has 4 nitrogen and oxygen atoms in total. The molecule has 0 N–H and O–H groups in total. The zero-order chi connectivity index (χ0) is 16.9. The van der Waals surface area contributed by atoms with Crippen LogP contribution < -0.4 is 0 Å². The Labute approximate surface area is 141 Å². The summed E-state index contributed by atoms with van der Waals surface area (Å²) in [5.74, 6) is 0.368. The van der Waals surface area contributed by atoms with Crippen LogP contribution in [0, 0.1) is 5.82 Å². The minimum absolute atomic E-state index is 0.0640. The molecule has 0 spiro atoms. The van der Waals surface area contributed by atoms with E-state index in [1.54, 1.807) is 18.4 Å². The predicted molar refractivity (Wildman–Crippen MR) is 88.1 cm³/mol. The van der Waals surface area contributed by atoms with E-state index in [1.807, 2.05) is 17.0 Å². The van der Waals surface area contributed by atoms with Crippen LogP contribution >= 0.6 is 0 Å². The van der Waals surface area contributed by atoms with Crippen LogP contribution in [-0.4, -0.2) is 24.5 Å². The Bertz CT molecular complexity index is 684. The Hall–Kier alpha value is -2.14. The molecule has 2 aromatic rings. The third-order valence-corrected chi connectivity index (χ3v) is 4.48. The molecule has 0 saturated carbocycles. The van der Waals surface area contributed by atoms with Gasteiger partial charge < -0.3 is 14.1 Å². The Kier molecular flexibility index (Phi) is 5.30. The van der Waals surface area contributed by atoms with E-state index < -0.39 is 0 Å². The summed E-state index contributed by atoms with van der Waals surface area (Å²) in [6.45, 7) is 0.829. The number of carbonyl (C=O) groups is 1. The van der Waals surface area contributed by atoms with Crippen molar-refractivity contribution >= 4 is 5.91 Å². The fourth-order valence-electron chi connectivity index (χ4n) is 3.27. The summed E-state index contributed by atoms with van der Waals surface area (Å²) in [4.78, 5) is 14.9. The first-order valence-corrected chi connectivity index (χ1v) is 8.32. The molecule has 1 saturated heterocycles. The number of furan rings is 1. The van der Waals surface area contributed by atoms with E-state index in [9.17, 15) is 9.18 Å². The lowest BCUT2D eigenvalue weighted by atomic mass is 10.0. The molecule has 24 heavy (non-hydrogen) atoms. The third kappa shape index (κ3) is 3.51. The standard InChI is InChI=1S/C19H22FNO3/c1-23-13-15-12-14(8-9-16(15)20)19(22)21-10-4-2-3-6-17(21)18-7-5-11-24-18/h5,7-9,11-12,17H,2-4,6,10,13H2,1H3/t17-/m0/s1. The number of ether oxygens (including phenoxy) is 1. The smallest absolute Gasteiger partial charge is 0.254 e. The Morgan fingerprint density at radius 1 is 1.33 bits per heavy atom. The maximum Gasteiger partial charge on any atom is 0.254 e. The molecule has 0 radical (unpaired) electrons. The highest BCUT2D eigenvalue weighted by atomic mass is 19.1. The maximum absolute atomic E-state index is 13.8. The minimum atomic E-state index is -0.355. The van der Waals surface area contributed by atoms with Crippen LogP contribution in [0.2, 0.25) is 0 Å². The van der Waals surface area contributed by atoms with Crippen molar-refractivity contribution in [1.82, 2.24) is 4.90 Å². The van der Waals surface area contributed by atoms with Crippen molar-refractivity contribution in [2.24, 2.45) is 0 Å². The van der Waals surface area contributed by atoms with Crippen molar-refractivity contribution in [1.29, 1.82) is 0 Å². The van der Waals surface area contributed by atoms with Gasteiger partial charge in [0.2, 0.25) is 0 Å². The van der Waals surface area contributed by atoms with Gasteiger partial charge in [0.25, 0.3) is 5.91 Å². The van der Waals surface area contributed by atoms with Gasteiger partial charge >= 0.3 is 0 Å². The van der Waals surface area contributed by atoms with Crippen LogP contribution in [0.25, 0.3) is 0 Å². The van der Waals surface area contributed by atoms with Crippen molar-refractivity contribution in [3.8, 4) is 0 Å². The number of halogens is 1. The Morgan fingerprint density at radius 3 is 2.96 bits per heavy atom. The molecule has 1 aromatic carbocycles. The van der Waals surface area contributed by atoms with Crippen molar-refractivity contribution in [3.05, 3.63) is 59.3 Å². The second kappa shape index (κ2) is 7.62. The van der Waals surface area contributed by atoms with Crippen LogP contribution in [0.15, 0.2) is 41.0 Å². The lowest BCUT2D eigenvalue weighted by Crippen LogP contribution is -2.34. The molecule has 3 rings (SSSR count). The van der Waals surface area contributed by atoms with Crippen molar-refractivity contribution < 1.29 is 18.3 Å². The SMILES string of the molecule is COCc1cc(C(=O)N2CCCCC[C@H]2c2ccco2)ccc1F. The van der Waals surface area contributed by atoms with Gasteiger partial charge in [-0.25, -0.2) is 4.39 Å². The lowest BCUT2D eigenvalue weighted by molar-refractivity contribution is 0.0658. The molecule has 0 unspecified atom stereocenters. The number of amides is 1. The molecule has 1 atom stereocenters. The Balaban J connectivity index is 1.89. The van der Waals surface area contributed by atoms with Crippen LogP contribution in [0.5, 0.6) is 0 Å². The summed E-state index contributed by atoms with van der Waals surface area (Å²) in [5, 5.41) is 0. The zero-order valence-corrected chi connectivity index (χ0v) is 13.8. The lowest BCUT2D eigenvalue weighted by Gasteiger charge is -2.29. The summed E-state index contributed by atoms with van der Waals surface area (Å²) in [5.41, 5.74) is 0.884. The normalized spacial score (nSPS) is 18.4. The van der Waals surface area contributed by atoms with E-state index in [0.29, 0.717) is 17.7 Å². The fourth-order valence-corrected chi connectivity index (χ4v) is 3.27. The molecule has 128 valence electrons. The van der Waals surface area contributed by atoms with Crippen molar-refractivity contribution in [2.75, 3.05) is 13.7 Å². The van der Waals surface area contributed by atoms with E-state index in [2.05, 4.69) is 0 Å². The largest absolute Gasteiger partial charge is 0.467 e.